The molecule has 18 heavy (non-hydrogen) atoms. The number of halogens is 1. The van der Waals surface area contributed by atoms with Crippen molar-refractivity contribution in [2.75, 3.05) is 5.73 Å². The molecule has 0 spiro atoms. The van der Waals surface area contributed by atoms with Crippen LogP contribution in [0, 0.1) is 5.82 Å². The van der Waals surface area contributed by atoms with Gasteiger partial charge in [0.1, 0.15) is 11.6 Å². The minimum atomic E-state index is -1.11. The second-order valence-corrected chi connectivity index (χ2v) is 4.59. The number of carbonyl (C=O) groups is 1. The zero-order valence-electron chi connectivity index (χ0n) is 9.22. The van der Waals surface area contributed by atoms with Crippen LogP contribution in [0.15, 0.2) is 39.6 Å². The maximum Gasteiger partial charge on any atom is 0.371 e. The lowest BCUT2D eigenvalue weighted by Crippen LogP contribution is -1.92. The van der Waals surface area contributed by atoms with E-state index in [1.807, 2.05) is 0 Å². The Balaban J connectivity index is 2.02. The number of carboxylic acids is 1. The summed E-state index contributed by atoms with van der Waals surface area (Å²) < 4.78 is 18.3. The largest absolute Gasteiger partial charge is 0.475 e. The van der Waals surface area contributed by atoms with Crippen molar-refractivity contribution in [2.45, 2.75) is 10.6 Å². The van der Waals surface area contributed by atoms with Gasteiger partial charge in [0.15, 0.2) is 0 Å². The Morgan fingerprint density at radius 1 is 1.39 bits per heavy atom. The number of nitrogen functional groups attached to an aromatic ring is 1. The number of aromatic carboxylic acids is 1. The van der Waals surface area contributed by atoms with E-state index >= 15 is 0 Å². The van der Waals surface area contributed by atoms with Crippen molar-refractivity contribution in [3.63, 3.8) is 0 Å². The standard InChI is InChI=1S/C12H10FNO3S/c13-9-5-8(2-3-10(9)14)18-6-7-1-4-11(17-7)12(15)16/h1-5H,6,14H2,(H,15,16). The van der Waals surface area contributed by atoms with E-state index in [9.17, 15) is 9.18 Å². The molecule has 0 aliphatic carbocycles. The first-order chi connectivity index (χ1) is 8.56. The summed E-state index contributed by atoms with van der Waals surface area (Å²) >= 11 is 1.34. The minimum Gasteiger partial charge on any atom is -0.475 e. The molecule has 0 amide bonds. The number of furan rings is 1. The van der Waals surface area contributed by atoms with Crippen molar-refractivity contribution >= 4 is 23.4 Å². The van der Waals surface area contributed by atoms with Crippen molar-refractivity contribution < 1.29 is 18.7 Å². The van der Waals surface area contributed by atoms with Crippen LogP contribution in [0.1, 0.15) is 16.3 Å². The number of benzene rings is 1. The topological polar surface area (TPSA) is 76.5 Å². The Morgan fingerprint density at radius 3 is 2.78 bits per heavy atom. The van der Waals surface area contributed by atoms with E-state index in [1.165, 1.54) is 30.0 Å². The number of thioether (sulfide) groups is 1. The Labute approximate surface area is 107 Å². The normalized spacial score (nSPS) is 10.5. The summed E-state index contributed by atoms with van der Waals surface area (Å²) in [6, 6.07) is 7.50. The van der Waals surface area contributed by atoms with Gasteiger partial charge in [0.25, 0.3) is 0 Å². The lowest BCUT2D eigenvalue weighted by molar-refractivity contribution is 0.0661. The number of hydrogen-bond donors (Lipinski definition) is 2. The molecule has 1 aromatic heterocycles. The van der Waals surface area contributed by atoms with Gasteiger partial charge in [-0.25, -0.2) is 9.18 Å². The van der Waals surface area contributed by atoms with Gasteiger partial charge in [0, 0.05) is 4.90 Å². The molecule has 1 heterocycles. The van der Waals surface area contributed by atoms with Crippen molar-refractivity contribution in [3.05, 3.63) is 47.7 Å². The Morgan fingerprint density at radius 2 is 2.17 bits per heavy atom. The van der Waals surface area contributed by atoms with Crippen LogP contribution in [0.2, 0.25) is 0 Å². The zero-order chi connectivity index (χ0) is 13.1. The SMILES string of the molecule is Nc1ccc(SCc2ccc(C(=O)O)o2)cc1F. The van der Waals surface area contributed by atoms with Crippen LogP contribution in [-0.2, 0) is 5.75 Å². The third-order valence-corrected chi connectivity index (χ3v) is 3.24. The van der Waals surface area contributed by atoms with Crippen LogP contribution in [-0.4, -0.2) is 11.1 Å². The van der Waals surface area contributed by atoms with E-state index in [1.54, 1.807) is 12.1 Å². The van der Waals surface area contributed by atoms with Gasteiger partial charge in [0.2, 0.25) is 5.76 Å². The zero-order valence-corrected chi connectivity index (χ0v) is 10.0. The summed E-state index contributed by atoms with van der Waals surface area (Å²) in [5.41, 5.74) is 5.47. The highest BCUT2D eigenvalue weighted by Crippen LogP contribution is 2.26. The van der Waals surface area contributed by atoms with Gasteiger partial charge in [-0.15, -0.1) is 11.8 Å². The molecule has 94 valence electrons. The van der Waals surface area contributed by atoms with Crippen molar-refractivity contribution in [2.24, 2.45) is 0 Å². The number of anilines is 1. The van der Waals surface area contributed by atoms with E-state index in [-0.39, 0.29) is 11.4 Å². The fourth-order valence-electron chi connectivity index (χ4n) is 1.32. The molecule has 0 aliphatic rings. The van der Waals surface area contributed by atoms with Gasteiger partial charge >= 0.3 is 5.97 Å². The summed E-state index contributed by atoms with van der Waals surface area (Å²) in [4.78, 5) is 11.3. The molecule has 2 rings (SSSR count). The summed E-state index contributed by atoms with van der Waals surface area (Å²) in [6.45, 7) is 0. The van der Waals surface area contributed by atoms with Gasteiger partial charge in [-0.05, 0) is 30.3 Å². The van der Waals surface area contributed by atoms with Crippen LogP contribution in [0.3, 0.4) is 0 Å². The quantitative estimate of drug-likeness (QED) is 0.657. The molecule has 0 unspecified atom stereocenters. The highest BCUT2D eigenvalue weighted by atomic mass is 32.2. The van der Waals surface area contributed by atoms with E-state index in [2.05, 4.69) is 0 Å². The summed E-state index contributed by atoms with van der Waals surface area (Å²) in [6.07, 6.45) is 0. The second kappa shape index (κ2) is 5.14. The molecule has 6 heteroatoms. The fraction of sp³-hybridized carbons (Fsp3) is 0.0833. The molecule has 0 radical (unpaired) electrons. The lowest BCUT2D eigenvalue weighted by atomic mass is 10.3. The molecule has 0 atom stereocenters. The average molecular weight is 267 g/mol. The number of carboxylic acid groups (broad SMARTS) is 1. The molecular formula is C12H10FNO3S. The molecule has 4 nitrogen and oxygen atoms in total. The highest BCUT2D eigenvalue weighted by molar-refractivity contribution is 7.98. The number of rotatable bonds is 4. The summed E-state index contributed by atoms with van der Waals surface area (Å²) in [5, 5.41) is 8.69. The summed E-state index contributed by atoms with van der Waals surface area (Å²) in [5.74, 6) is -0.726. The third-order valence-electron chi connectivity index (χ3n) is 2.23. The van der Waals surface area contributed by atoms with Gasteiger partial charge < -0.3 is 15.3 Å². The summed E-state index contributed by atoms with van der Waals surface area (Å²) in [7, 11) is 0. The molecule has 0 saturated heterocycles. The van der Waals surface area contributed by atoms with E-state index in [0.29, 0.717) is 16.4 Å². The fourth-order valence-corrected chi connectivity index (χ4v) is 2.14. The Kier molecular flexibility index (Phi) is 3.57. The van der Waals surface area contributed by atoms with Gasteiger partial charge in [-0.3, -0.25) is 0 Å². The molecule has 3 N–H and O–H groups in total. The van der Waals surface area contributed by atoms with Crippen LogP contribution >= 0.6 is 11.8 Å². The third kappa shape index (κ3) is 2.84. The van der Waals surface area contributed by atoms with Gasteiger partial charge in [-0.2, -0.15) is 0 Å². The predicted octanol–water partition coefficient (Wildman–Crippen LogP) is 2.99. The van der Waals surface area contributed by atoms with Gasteiger partial charge in [-0.1, -0.05) is 0 Å². The molecule has 0 fully saturated rings. The van der Waals surface area contributed by atoms with E-state index in [4.69, 9.17) is 15.3 Å². The van der Waals surface area contributed by atoms with Crippen LogP contribution in [0.5, 0.6) is 0 Å². The van der Waals surface area contributed by atoms with Crippen LogP contribution in [0.25, 0.3) is 0 Å². The monoisotopic (exact) mass is 267 g/mol. The number of hydrogen-bond acceptors (Lipinski definition) is 4. The highest BCUT2D eigenvalue weighted by Gasteiger charge is 2.09. The van der Waals surface area contributed by atoms with Crippen molar-refractivity contribution in [3.8, 4) is 0 Å². The smallest absolute Gasteiger partial charge is 0.371 e. The minimum absolute atomic E-state index is 0.102. The van der Waals surface area contributed by atoms with Crippen molar-refractivity contribution in [1.29, 1.82) is 0 Å². The first-order valence-electron chi connectivity index (χ1n) is 5.06. The van der Waals surface area contributed by atoms with E-state index < -0.39 is 11.8 Å². The maximum atomic E-state index is 13.2. The molecule has 0 bridgehead atoms. The average Bonchev–Trinajstić information content (AvgIpc) is 2.79. The first-order valence-corrected chi connectivity index (χ1v) is 6.04. The lowest BCUT2D eigenvalue weighted by Gasteiger charge is -2.01. The second-order valence-electron chi connectivity index (χ2n) is 3.54. The van der Waals surface area contributed by atoms with Crippen LogP contribution in [0.4, 0.5) is 10.1 Å². The predicted molar refractivity (Wildman–Crippen MR) is 66.0 cm³/mol. The Bertz CT molecular complexity index is 582. The van der Waals surface area contributed by atoms with Crippen molar-refractivity contribution in [1.82, 2.24) is 0 Å². The maximum absolute atomic E-state index is 13.2. The van der Waals surface area contributed by atoms with Crippen LogP contribution < -0.4 is 5.73 Å². The molecular weight excluding hydrogens is 257 g/mol. The van der Waals surface area contributed by atoms with E-state index in [0.717, 1.165) is 0 Å². The molecule has 0 saturated carbocycles. The Hall–Kier alpha value is -1.95. The molecule has 0 aliphatic heterocycles. The first kappa shape index (κ1) is 12.5. The molecule has 2 aromatic rings. The number of nitrogens with two attached hydrogens (primary N) is 1. The van der Waals surface area contributed by atoms with Gasteiger partial charge in [0.05, 0.1) is 11.4 Å². The molecule has 1 aromatic carbocycles.